The van der Waals surface area contributed by atoms with Gasteiger partial charge in [-0.2, -0.15) is 0 Å². The van der Waals surface area contributed by atoms with Gasteiger partial charge in [0.05, 0.1) is 0 Å². The molecular formula is C19H27ClN2O2. The summed E-state index contributed by atoms with van der Waals surface area (Å²) in [6.45, 7) is 5.52. The van der Waals surface area contributed by atoms with E-state index < -0.39 is 0 Å². The summed E-state index contributed by atoms with van der Waals surface area (Å²) >= 11 is 5.90. The van der Waals surface area contributed by atoms with Crippen LogP contribution in [0.3, 0.4) is 0 Å². The first kappa shape index (κ1) is 18.8. The maximum Gasteiger partial charge on any atom is 0.224 e. The first-order valence-corrected chi connectivity index (χ1v) is 9.18. The molecule has 1 aromatic rings. The van der Waals surface area contributed by atoms with Gasteiger partial charge in [0.25, 0.3) is 0 Å². The van der Waals surface area contributed by atoms with E-state index >= 15 is 0 Å². The lowest BCUT2D eigenvalue weighted by molar-refractivity contribution is -0.136. The van der Waals surface area contributed by atoms with E-state index in [1.54, 1.807) is 11.8 Å². The van der Waals surface area contributed by atoms with Crippen LogP contribution < -0.4 is 0 Å². The number of amides is 2. The summed E-state index contributed by atoms with van der Waals surface area (Å²) in [5, 5.41) is 0.680. The van der Waals surface area contributed by atoms with Crippen LogP contribution in [-0.2, 0) is 16.1 Å². The third-order valence-corrected chi connectivity index (χ3v) is 5.00. The highest BCUT2D eigenvalue weighted by atomic mass is 35.5. The molecule has 0 radical (unpaired) electrons. The minimum absolute atomic E-state index is 0.0107. The van der Waals surface area contributed by atoms with E-state index in [1.165, 1.54) is 6.42 Å². The lowest BCUT2D eigenvalue weighted by Crippen LogP contribution is -2.44. The van der Waals surface area contributed by atoms with E-state index in [2.05, 4.69) is 6.92 Å². The lowest BCUT2D eigenvalue weighted by atomic mass is 9.99. The molecule has 0 saturated carbocycles. The Morgan fingerprint density at radius 1 is 1.25 bits per heavy atom. The van der Waals surface area contributed by atoms with Gasteiger partial charge in [-0.25, -0.2) is 0 Å². The van der Waals surface area contributed by atoms with Crippen LogP contribution in [0.1, 0.15) is 51.5 Å². The van der Waals surface area contributed by atoms with Gasteiger partial charge in [0, 0.05) is 44.0 Å². The maximum absolute atomic E-state index is 12.6. The van der Waals surface area contributed by atoms with Crippen molar-refractivity contribution in [3.8, 4) is 0 Å². The second-order valence-electron chi connectivity index (χ2n) is 6.46. The number of rotatable bonds is 6. The van der Waals surface area contributed by atoms with Crippen molar-refractivity contribution < 1.29 is 9.59 Å². The number of nitrogens with zero attached hydrogens (tertiary/aromatic N) is 2. The Morgan fingerprint density at radius 3 is 2.58 bits per heavy atom. The second-order valence-corrected chi connectivity index (χ2v) is 6.90. The molecule has 2 rings (SSSR count). The molecule has 2 amide bonds. The molecular weight excluding hydrogens is 324 g/mol. The molecule has 0 aliphatic carbocycles. The van der Waals surface area contributed by atoms with Gasteiger partial charge in [-0.1, -0.05) is 30.7 Å². The number of carbonyl (C=O) groups excluding carboxylic acids is 2. The van der Waals surface area contributed by atoms with Crippen LogP contribution in [0.15, 0.2) is 24.3 Å². The molecule has 1 unspecified atom stereocenters. The van der Waals surface area contributed by atoms with Gasteiger partial charge in [0.15, 0.2) is 0 Å². The Hall–Kier alpha value is -1.55. The Balaban J connectivity index is 1.91. The molecule has 1 fully saturated rings. The molecule has 1 aromatic carbocycles. The Morgan fingerprint density at radius 2 is 1.96 bits per heavy atom. The number of piperidine rings is 1. The van der Waals surface area contributed by atoms with E-state index in [-0.39, 0.29) is 11.8 Å². The summed E-state index contributed by atoms with van der Waals surface area (Å²) in [7, 11) is 0. The van der Waals surface area contributed by atoms with E-state index in [9.17, 15) is 9.59 Å². The van der Waals surface area contributed by atoms with Crippen molar-refractivity contribution in [3.05, 3.63) is 34.9 Å². The average molecular weight is 351 g/mol. The number of benzene rings is 1. The maximum atomic E-state index is 12.6. The van der Waals surface area contributed by atoms with Crippen molar-refractivity contribution in [3.63, 3.8) is 0 Å². The van der Waals surface area contributed by atoms with Crippen molar-refractivity contribution in [2.75, 3.05) is 13.1 Å². The highest BCUT2D eigenvalue weighted by Crippen LogP contribution is 2.20. The fraction of sp³-hybridized carbons (Fsp3) is 0.579. The number of carbonyl (C=O) groups is 2. The fourth-order valence-electron chi connectivity index (χ4n) is 3.29. The fourth-order valence-corrected chi connectivity index (χ4v) is 3.41. The predicted molar refractivity (Wildman–Crippen MR) is 96.8 cm³/mol. The quantitative estimate of drug-likeness (QED) is 0.781. The smallest absolute Gasteiger partial charge is 0.224 e. The zero-order valence-electron chi connectivity index (χ0n) is 14.6. The summed E-state index contributed by atoms with van der Waals surface area (Å²) in [5.41, 5.74) is 1.02. The van der Waals surface area contributed by atoms with E-state index in [0.29, 0.717) is 30.6 Å². The van der Waals surface area contributed by atoms with Gasteiger partial charge in [-0.15, -0.1) is 0 Å². The highest BCUT2D eigenvalue weighted by molar-refractivity contribution is 6.30. The minimum atomic E-state index is -0.0107. The van der Waals surface area contributed by atoms with Gasteiger partial charge < -0.3 is 9.80 Å². The monoisotopic (exact) mass is 350 g/mol. The third kappa shape index (κ3) is 5.23. The molecule has 1 aliphatic rings. The standard InChI is InChI=1S/C19H27ClN2O2/c1-3-18-6-4-5-12-22(18)19(24)11-13-21(15(2)23)14-16-7-9-17(20)10-8-16/h7-10,18H,3-6,11-14H2,1-2H3. The molecule has 132 valence electrons. The van der Waals surface area contributed by atoms with Crippen molar-refractivity contribution >= 4 is 23.4 Å². The van der Waals surface area contributed by atoms with Crippen molar-refractivity contribution in [2.45, 2.75) is 58.5 Å². The van der Waals surface area contributed by atoms with Crippen LogP contribution in [0.5, 0.6) is 0 Å². The van der Waals surface area contributed by atoms with Crippen LogP contribution >= 0.6 is 11.6 Å². The number of hydrogen-bond donors (Lipinski definition) is 0. The molecule has 1 aliphatic heterocycles. The van der Waals surface area contributed by atoms with Gasteiger partial charge in [0.2, 0.25) is 11.8 Å². The molecule has 1 atom stereocenters. The summed E-state index contributed by atoms with van der Waals surface area (Å²) < 4.78 is 0. The Labute approximate surface area is 149 Å². The molecule has 0 bridgehead atoms. The van der Waals surface area contributed by atoms with Gasteiger partial charge in [-0.05, 0) is 43.4 Å². The number of likely N-dealkylation sites (tertiary alicyclic amines) is 1. The largest absolute Gasteiger partial charge is 0.340 e. The minimum Gasteiger partial charge on any atom is -0.340 e. The summed E-state index contributed by atoms with van der Waals surface area (Å²) in [6, 6.07) is 7.84. The van der Waals surface area contributed by atoms with E-state index in [4.69, 9.17) is 11.6 Å². The molecule has 0 N–H and O–H groups in total. The SMILES string of the molecule is CCC1CCCCN1C(=O)CCN(Cc1ccc(Cl)cc1)C(C)=O. The molecule has 5 heteroatoms. The lowest BCUT2D eigenvalue weighted by Gasteiger charge is -2.35. The number of hydrogen-bond acceptors (Lipinski definition) is 2. The molecule has 0 aromatic heterocycles. The summed E-state index contributed by atoms with van der Waals surface area (Å²) in [6.07, 6.45) is 4.79. The molecule has 4 nitrogen and oxygen atoms in total. The molecule has 24 heavy (non-hydrogen) atoms. The highest BCUT2D eigenvalue weighted by Gasteiger charge is 2.25. The van der Waals surface area contributed by atoms with E-state index in [1.807, 2.05) is 29.2 Å². The molecule has 1 heterocycles. The van der Waals surface area contributed by atoms with Crippen molar-refractivity contribution in [1.29, 1.82) is 0 Å². The second kappa shape index (κ2) is 9.07. The van der Waals surface area contributed by atoms with Crippen molar-refractivity contribution in [2.24, 2.45) is 0 Å². The van der Waals surface area contributed by atoms with Crippen LogP contribution in [0, 0.1) is 0 Å². The number of halogens is 1. The summed E-state index contributed by atoms with van der Waals surface area (Å²) in [5.74, 6) is 0.160. The summed E-state index contributed by atoms with van der Waals surface area (Å²) in [4.78, 5) is 28.2. The van der Waals surface area contributed by atoms with Gasteiger partial charge >= 0.3 is 0 Å². The topological polar surface area (TPSA) is 40.6 Å². The third-order valence-electron chi connectivity index (χ3n) is 4.75. The average Bonchev–Trinajstić information content (AvgIpc) is 2.59. The molecule has 1 saturated heterocycles. The van der Waals surface area contributed by atoms with Crippen LogP contribution in [0.25, 0.3) is 0 Å². The zero-order valence-corrected chi connectivity index (χ0v) is 15.4. The first-order chi connectivity index (χ1) is 11.5. The Kier molecular flexibility index (Phi) is 7.10. The van der Waals surface area contributed by atoms with Gasteiger partial charge in [0.1, 0.15) is 0 Å². The van der Waals surface area contributed by atoms with E-state index in [0.717, 1.165) is 31.4 Å². The van der Waals surface area contributed by atoms with Crippen LogP contribution in [0.4, 0.5) is 0 Å². The normalized spacial score (nSPS) is 17.6. The van der Waals surface area contributed by atoms with Crippen LogP contribution in [0.2, 0.25) is 5.02 Å². The van der Waals surface area contributed by atoms with Crippen LogP contribution in [-0.4, -0.2) is 40.7 Å². The predicted octanol–water partition coefficient (Wildman–Crippen LogP) is 3.87. The van der Waals surface area contributed by atoms with Crippen molar-refractivity contribution in [1.82, 2.24) is 9.80 Å². The van der Waals surface area contributed by atoms with Gasteiger partial charge in [-0.3, -0.25) is 9.59 Å². The first-order valence-electron chi connectivity index (χ1n) is 8.80. The zero-order chi connectivity index (χ0) is 17.5. The molecule has 0 spiro atoms. The Bertz CT molecular complexity index is 559.